The molecule has 0 N–H and O–H groups in total. The van der Waals surface area contributed by atoms with Gasteiger partial charge in [-0.05, 0) is 48.9 Å². The van der Waals surface area contributed by atoms with E-state index < -0.39 is 0 Å². The minimum absolute atomic E-state index is 0.175. The average molecular weight is 453 g/mol. The predicted octanol–water partition coefficient (Wildman–Crippen LogP) is 6.02. The maximum Gasteiger partial charge on any atom is 0.222 e. The van der Waals surface area contributed by atoms with Crippen LogP contribution in [-0.2, 0) is 17.8 Å². The van der Waals surface area contributed by atoms with Crippen molar-refractivity contribution in [1.82, 2.24) is 9.47 Å². The number of aryl methyl sites for hydroxylation is 1. The van der Waals surface area contributed by atoms with Crippen molar-refractivity contribution in [2.24, 2.45) is 5.92 Å². The lowest BCUT2D eigenvalue weighted by atomic mass is 10.00. The normalized spacial score (nSPS) is 17.5. The lowest BCUT2D eigenvalue weighted by Gasteiger charge is -2.31. The first-order valence-electron chi connectivity index (χ1n) is 11.2. The van der Waals surface area contributed by atoms with Crippen LogP contribution in [-0.4, -0.2) is 28.5 Å². The first-order chi connectivity index (χ1) is 15.5. The molecule has 1 saturated heterocycles. The number of benzene rings is 2. The van der Waals surface area contributed by atoms with Gasteiger partial charge in [-0.3, -0.25) is 4.79 Å². The zero-order chi connectivity index (χ0) is 22.2. The number of hydrogen-bond donors (Lipinski definition) is 0. The number of rotatable bonds is 4. The van der Waals surface area contributed by atoms with E-state index >= 15 is 0 Å². The minimum atomic E-state index is -0.382. The molecule has 0 radical (unpaired) electrons. The molecule has 2 aliphatic rings. The number of piperidine rings is 1. The molecule has 0 saturated carbocycles. The number of halogens is 2. The smallest absolute Gasteiger partial charge is 0.222 e. The number of aromatic nitrogens is 1. The summed E-state index contributed by atoms with van der Waals surface area (Å²) >= 11 is 6.49. The topological polar surface area (TPSA) is 34.5 Å². The molecule has 0 bridgehead atoms. The van der Waals surface area contributed by atoms with Gasteiger partial charge in [0.1, 0.15) is 18.2 Å². The van der Waals surface area contributed by atoms with E-state index in [1.807, 2.05) is 33.7 Å². The molecule has 1 fully saturated rings. The van der Waals surface area contributed by atoms with Crippen LogP contribution >= 0.6 is 11.6 Å². The monoisotopic (exact) mass is 452 g/mol. The Morgan fingerprint density at radius 2 is 2.06 bits per heavy atom. The van der Waals surface area contributed by atoms with Gasteiger partial charge in [-0.25, -0.2) is 4.39 Å². The van der Waals surface area contributed by atoms with Gasteiger partial charge in [0.05, 0.1) is 16.4 Å². The van der Waals surface area contributed by atoms with Gasteiger partial charge in [-0.15, -0.1) is 0 Å². The van der Waals surface area contributed by atoms with Crippen molar-refractivity contribution in [3.63, 3.8) is 0 Å². The van der Waals surface area contributed by atoms with Crippen molar-refractivity contribution < 1.29 is 13.9 Å². The first-order valence-corrected chi connectivity index (χ1v) is 11.6. The Balaban J connectivity index is 1.53. The third-order valence-corrected chi connectivity index (χ3v) is 6.76. The van der Waals surface area contributed by atoms with E-state index in [0.29, 0.717) is 36.1 Å². The summed E-state index contributed by atoms with van der Waals surface area (Å²) in [6.07, 6.45) is 3.21. The Labute approximate surface area is 192 Å². The van der Waals surface area contributed by atoms with Crippen LogP contribution in [0.15, 0.2) is 48.5 Å². The molecule has 4 nitrogen and oxygen atoms in total. The first kappa shape index (κ1) is 21.1. The van der Waals surface area contributed by atoms with Crippen molar-refractivity contribution >= 4 is 17.5 Å². The Morgan fingerprint density at radius 3 is 2.88 bits per heavy atom. The Kier molecular flexibility index (Phi) is 5.68. The van der Waals surface area contributed by atoms with Crippen molar-refractivity contribution in [3.8, 4) is 22.7 Å². The highest BCUT2D eigenvalue weighted by Crippen LogP contribution is 2.43. The van der Waals surface area contributed by atoms with Gasteiger partial charge < -0.3 is 14.2 Å². The van der Waals surface area contributed by atoms with Crippen LogP contribution in [0.1, 0.15) is 37.4 Å². The Hall–Kier alpha value is -2.79. The van der Waals surface area contributed by atoms with E-state index in [9.17, 15) is 9.18 Å². The zero-order valence-electron chi connectivity index (χ0n) is 18.1. The van der Waals surface area contributed by atoms with Gasteiger partial charge in [0.25, 0.3) is 0 Å². The van der Waals surface area contributed by atoms with Crippen molar-refractivity contribution in [2.75, 3.05) is 13.1 Å². The highest BCUT2D eigenvalue weighted by atomic mass is 35.5. The highest BCUT2D eigenvalue weighted by Gasteiger charge is 2.27. The second-order valence-electron chi connectivity index (χ2n) is 8.81. The fraction of sp³-hybridized carbons (Fsp3) is 0.346. The fourth-order valence-electron chi connectivity index (χ4n) is 4.86. The van der Waals surface area contributed by atoms with Gasteiger partial charge in [0.15, 0.2) is 0 Å². The van der Waals surface area contributed by atoms with Crippen molar-refractivity contribution in [3.05, 3.63) is 70.6 Å². The quantitative estimate of drug-likeness (QED) is 0.485. The minimum Gasteiger partial charge on any atom is -0.487 e. The lowest BCUT2D eigenvalue weighted by Crippen LogP contribution is -2.39. The van der Waals surface area contributed by atoms with E-state index in [2.05, 4.69) is 13.0 Å². The summed E-state index contributed by atoms with van der Waals surface area (Å²) < 4.78 is 21.9. The fourth-order valence-corrected chi connectivity index (χ4v) is 5.12. The summed E-state index contributed by atoms with van der Waals surface area (Å²) in [7, 11) is 0. The molecule has 1 atom stereocenters. The van der Waals surface area contributed by atoms with Gasteiger partial charge >= 0.3 is 0 Å². The summed E-state index contributed by atoms with van der Waals surface area (Å²) in [5, 5.41) is 0.323. The maximum absolute atomic E-state index is 13.8. The predicted molar refractivity (Wildman–Crippen MR) is 124 cm³/mol. The van der Waals surface area contributed by atoms with E-state index in [0.717, 1.165) is 47.8 Å². The SMILES string of the molecule is C[C@@H]1CCCN(C(=O)CCc2cc3c(n2-c2ccc(F)cc2Cl)-c2ccccc2CO3)C1. The molecule has 166 valence electrons. The van der Waals surface area contributed by atoms with Crippen molar-refractivity contribution in [2.45, 2.75) is 39.2 Å². The van der Waals surface area contributed by atoms with Gasteiger partial charge in [-0.1, -0.05) is 42.8 Å². The largest absolute Gasteiger partial charge is 0.487 e. The number of likely N-dealkylation sites (tertiary alicyclic amines) is 1. The zero-order valence-corrected chi connectivity index (χ0v) is 18.9. The second-order valence-corrected chi connectivity index (χ2v) is 9.22. The van der Waals surface area contributed by atoms with Crippen LogP contribution in [0.25, 0.3) is 16.9 Å². The number of carbonyl (C=O) groups excluding carboxylic acids is 1. The number of carbonyl (C=O) groups is 1. The van der Waals surface area contributed by atoms with Crippen LogP contribution in [0.2, 0.25) is 5.02 Å². The summed E-state index contributed by atoms with van der Waals surface area (Å²) in [5.41, 5.74) is 4.66. The molecule has 6 heteroatoms. The number of nitrogens with zero attached hydrogens (tertiary/aromatic N) is 2. The molecule has 1 aromatic heterocycles. The van der Waals surface area contributed by atoms with Crippen LogP contribution < -0.4 is 4.74 Å². The van der Waals surface area contributed by atoms with Gasteiger partial charge in [-0.2, -0.15) is 0 Å². The standard InChI is InChI=1S/C26H26ClFN2O2/c1-17-5-4-12-29(15-17)25(31)11-9-20-14-24-26(21-7-3-2-6-18(21)16-32-24)30(20)23-10-8-19(28)13-22(23)27/h2-3,6-8,10,13-14,17H,4-5,9,11-12,15-16H2,1H3/t17-/m1/s1. The lowest BCUT2D eigenvalue weighted by molar-refractivity contribution is -0.132. The average Bonchev–Trinajstić information content (AvgIpc) is 3.16. The van der Waals surface area contributed by atoms with Crippen LogP contribution in [0.4, 0.5) is 4.39 Å². The summed E-state index contributed by atoms with van der Waals surface area (Å²) in [5.74, 6) is 1.10. The molecule has 5 rings (SSSR count). The number of amides is 1. The molecule has 2 aromatic carbocycles. The molecule has 1 amide bonds. The second kappa shape index (κ2) is 8.62. The number of fused-ring (bicyclic) bond motifs is 3. The van der Waals surface area contributed by atoms with E-state index in [1.165, 1.54) is 18.6 Å². The Morgan fingerprint density at radius 1 is 1.22 bits per heavy atom. The number of hydrogen-bond acceptors (Lipinski definition) is 2. The molecular weight excluding hydrogens is 427 g/mol. The van der Waals surface area contributed by atoms with Crippen LogP contribution in [0, 0.1) is 11.7 Å². The summed E-state index contributed by atoms with van der Waals surface area (Å²) in [6.45, 7) is 4.36. The van der Waals surface area contributed by atoms with Crippen LogP contribution in [0.3, 0.4) is 0 Å². The van der Waals surface area contributed by atoms with E-state index in [1.54, 1.807) is 6.07 Å². The molecule has 0 spiro atoms. The Bertz CT molecular complexity index is 1170. The molecular formula is C26H26ClFN2O2. The maximum atomic E-state index is 13.8. The number of ether oxygens (including phenoxy) is 1. The molecule has 2 aliphatic heterocycles. The third-order valence-electron chi connectivity index (χ3n) is 6.45. The van der Waals surface area contributed by atoms with Gasteiger partial charge in [0.2, 0.25) is 5.91 Å². The third kappa shape index (κ3) is 3.90. The van der Waals surface area contributed by atoms with E-state index in [-0.39, 0.29) is 11.7 Å². The summed E-state index contributed by atoms with van der Waals surface area (Å²) in [6, 6.07) is 14.5. The summed E-state index contributed by atoms with van der Waals surface area (Å²) in [4.78, 5) is 14.9. The van der Waals surface area contributed by atoms with Crippen molar-refractivity contribution in [1.29, 1.82) is 0 Å². The molecule has 0 aliphatic carbocycles. The van der Waals surface area contributed by atoms with Gasteiger partial charge in [0, 0.05) is 36.8 Å². The van der Waals surface area contributed by atoms with E-state index in [4.69, 9.17) is 16.3 Å². The molecule has 3 aromatic rings. The molecule has 3 heterocycles. The molecule has 0 unspecified atom stereocenters. The molecule has 32 heavy (non-hydrogen) atoms. The highest BCUT2D eigenvalue weighted by molar-refractivity contribution is 6.32. The van der Waals surface area contributed by atoms with Crippen LogP contribution in [0.5, 0.6) is 5.75 Å².